The largest absolute Gasteiger partial charge is 0.486 e. The van der Waals surface area contributed by atoms with Gasteiger partial charge in [-0.1, -0.05) is 23.8 Å². The molecule has 7 nitrogen and oxygen atoms in total. The van der Waals surface area contributed by atoms with E-state index in [0.717, 1.165) is 46.7 Å². The molecule has 0 radical (unpaired) electrons. The lowest BCUT2D eigenvalue weighted by molar-refractivity contribution is 0.171. The number of benzene rings is 1. The highest BCUT2D eigenvalue weighted by molar-refractivity contribution is 7.98. The van der Waals surface area contributed by atoms with Crippen LogP contribution in [0.2, 0.25) is 0 Å². The van der Waals surface area contributed by atoms with Crippen molar-refractivity contribution in [1.82, 2.24) is 19.7 Å². The van der Waals surface area contributed by atoms with E-state index in [1.54, 1.807) is 11.8 Å². The van der Waals surface area contributed by atoms with Crippen LogP contribution in [0.4, 0.5) is 0 Å². The van der Waals surface area contributed by atoms with E-state index in [9.17, 15) is 0 Å². The third kappa shape index (κ3) is 3.29. The molecule has 0 atom stereocenters. The Morgan fingerprint density at radius 1 is 1.15 bits per heavy atom. The van der Waals surface area contributed by atoms with E-state index in [1.807, 2.05) is 31.3 Å². The summed E-state index contributed by atoms with van der Waals surface area (Å²) in [4.78, 5) is 8.93. The van der Waals surface area contributed by atoms with Crippen LogP contribution >= 0.6 is 11.8 Å². The number of nitrogens with zero attached hydrogens (tertiary/aromatic N) is 4. The third-order valence-electron chi connectivity index (χ3n) is 4.12. The summed E-state index contributed by atoms with van der Waals surface area (Å²) in [6.45, 7) is 6.10. The Morgan fingerprint density at radius 3 is 2.77 bits per heavy atom. The summed E-state index contributed by atoms with van der Waals surface area (Å²) in [7, 11) is 0. The molecule has 1 aliphatic rings. The van der Waals surface area contributed by atoms with E-state index in [0.29, 0.717) is 24.9 Å². The molecule has 0 N–H and O–H groups in total. The van der Waals surface area contributed by atoms with Crippen molar-refractivity contribution in [3.05, 3.63) is 36.1 Å². The zero-order valence-electron chi connectivity index (χ0n) is 14.8. The molecule has 0 amide bonds. The van der Waals surface area contributed by atoms with Gasteiger partial charge in [-0.05, 0) is 25.1 Å². The van der Waals surface area contributed by atoms with Crippen LogP contribution in [0.15, 0.2) is 34.1 Å². The number of rotatable bonds is 6. The zero-order chi connectivity index (χ0) is 17.9. The van der Waals surface area contributed by atoms with Crippen molar-refractivity contribution in [2.75, 3.05) is 13.2 Å². The van der Waals surface area contributed by atoms with Crippen molar-refractivity contribution in [2.24, 2.45) is 0 Å². The molecule has 0 aliphatic carbocycles. The van der Waals surface area contributed by atoms with Crippen LogP contribution in [-0.4, -0.2) is 32.9 Å². The maximum atomic E-state index is 5.70. The maximum Gasteiger partial charge on any atom is 0.237 e. The highest BCUT2D eigenvalue weighted by Gasteiger charge is 2.17. The quantitative estimate of drug-likeness (QED) is 0.612. The van der Waals surface area contributed by atoms with Gasteiger partial charge in [0, 0.05) is 18.5 Å². The minimum Gasteiger partial charge on any atom is -0.486 e. The van der Waals surface area contributed by atoms with E-state index in [2.05, 4.69) is 26.6 Å². The first-order chi connectivity index (χ1) is 12.8. The van der Waals surface area contributed by atoms with Crippen LogP contribution in [0, 0.1) is 0 Å². The first-order valence-electron chi connectivity index (χ1n) is 8.68. The third-order valence-corrected chi connectivity index (χ3v) is 5.10. The van der Waals surface area contributed by atoms with E-state index < -0.39 is 0 Å². The van der Waals surface area contributed by atoms with Crippen LogP contribution < -0.4 is 9.47 Å². The normalized spacial score (nSPS) is 13.2. The number of hydrogen-bond acceptors (Lipinski definition) is 7. The van der Waals surface area contributed by atoms with Crippen molar-refractivity contribution < 1.29 is 14.0 Å². The lowest BCUT2D eigenvalue weighted by Crippen LogP contribution is -2.15. The minimum atomic E-state index is 0.578. The van der Waals surface area contributed by atoms with Crippen molar-refractivity contribution in [3.63, 3.8) is 0 Å². The predicted molar refractivity (Wildman–Crippen MR) is 97.6 cm³/mol. The Bertz CT molecular complexity index is 906. The van der Waals surface area contributed by atoms with E-state index >= 15 is 0 Å². The second-order valence-corrected chi connectivity index (χ2v) is 6.72. The summed E-state index contributed by atoms with van der Waals surface area (Å²) in [5.74, 6) is 3.53. The van der Waals surface area contributed by atoms with E-state index in [1.165, 1.54) is 0 Å². The molecular weight excluding hydrogens is 352 g/mol. The Morgan fingerprint density at radius 2 is 2.00 bits per heavy atom. The molecule has 4 rings (SSSR count). The number of imidazole rings is 1. The van der Waals surface area contributed by atoms with Gasteiger partial charge >= 0.3 is 0 Å². The summed E-state index contributed by atoms with van der Waals surface area (Å²) in [5, 5.41) is 4.86. The topological polar surface area (TPSA) is 75.2 Å². The zero-order valence-corrected chi connectivity index (χ0v) is 15.6. The Labute approximate surface area is 155 Å². The molecule has 3 aromatic rings. The summed E-state index contributed by atoms with van der Waals surface area (Å²) >= 11 is 1.59. The molecule has 8 heteroatoms. The molecule has 0 fully saturated rings. The fraction of sp³-hybridized carbons (Fsp3) is 0.389. The molecule has 136 valence electrons. The van der Waals surface area contributed by atoms with Crippen LogP contribution in [0.3, 0.4) is 0 Å². The first kappa shape index (κ1) is 17.0. The number of aryl methyl sites for hydroxylation is 1. The molecule has 0 saturated carbocycles. The van der Waals surface area contributed by atoms with Crippen molar-refractivity contribution >= 4 is 11.8 Å². The van der Waals surface area contributed by atoms with E-state index in [4.69, 9.17) is 14.0 Å². The average molecular weight is 372 g/mol. The van der Waals surface area contributed by atoms with Crippen molar-refractivity contribution in [3.8, 4) is 22.8 Å². The van der Waals surface area contributed by atoms with Gasteiger partial charge in [-0.25, -0.2) is 4.98 Å². The average Bonchev–Trinajstić information content (AvgIpc) is 3.32. The van der Waals surface area contributed by atoms with Gasteiger partial charge < -0.3 is 18.6 Å². The molecular formula is C18H20N4O3S. The van der Waals surface area contributed by atoms with Crippen molar-refractivity contribution in [1.29, 1.82) is 0 Å². The molecule has 0 saturated heterocycles. The molecule has 3 heterocycles. The monoisotopic (exact) mass is 372 g/mol. The summed E-state index contributed by atoms with van der Waals surface area (Å²) in [6.07, 6.45) is 2.66. The number of aromatic nitrogens is 4. The maximum absolute atomic E-state index is 5.70. The summed E-state index contributed by atoms with van der Waals surface area (Å²) in [6, 6.07) is 6.00. The Hall–Kier alpha value is -2.48. The van der Waals surface area contributed by atoms with Gasteiger partial charge in [-0.2, -0.15) is 4.98 Å². The van der Waals surface area contributed by atoms with Gasteiger partial charge in [0.25, 0.3) is 0 Å². The smallest absolute Gasteiger partial charge is 0.237 e. The number of hydrogen-bond donors (Lipinski definition) is 0. The van der Waals surface area contributed by atoms with E-state index in [-0.39, 0.29) is 0 Å². The van der Waals surface area contributed by atoms with Gasteiger partial charge in [0.1, 0.15) is 13.2 Å². The fourth-order valence-corrected chi connectivity index (χ4v) is 3.71. The van der Waals surface area contributed by atoms with Gasteiger partial charge in [0.2, 0.25) is 5.89 Å². The molecule has 1 aliphatic heterocycles. The van der Waals surface area contributed by atoms with Gasteiger partial charge in [0.15, 0.2) is 22.5 Å². The van der Waals surface area contributed by atoms with Crippen LogP contribution in [0.1, 0.15) is 25.6 Å². The second-order valence-electron chi connectivity index (χ2n) is 5.78. The Kier molecular flexibility index (Phi) is 4.83. The predicted octanol–water partition coefficient (Wildman–Crippen LogP) is 3.58. The molecule has 0 bridgehead atoms. The second kappa shape index (κ2) is 7.41. The van der Waals surface area contributed by atoms with Crippen LogP contribution in [0.25, 0.3) is 11.3 Å². The Balaban J connectivity index is 1.56. The highest BCUT2D eigenvalue weighted by Crippen LogP contribution is 2.35. The molecule has 0 unspecified atom stereocenters. The first-order valence-corrected chi connectivity index (χ1v) is 9.66. The lowest BCUT2D eigenvalue weighted by atomic mass is 10.1. The molecule has 0 spiro atoms. The van der Waals surface area contributed by atoms with Crippen LogP contribution in [0.5, 0.6) is 11.5 Å². The highest BCUT2D eigenvalue weighted by atomic mass is 32.2. The minimum absolute atomic E-state index is 0.578. The molecule has 1 aromatic carbocycles. The summed E-state index contributed by atoms with van der Waals surface area (Å²) in [5.41, 5.74) is 2.10. The van der Waals surface area contributed by atoms with Gasteiger partial charge in [-0.15, -0.1) is 0 Å². The summed E-state index contributed by atoms with van der Waals surface area (Å²) < 4.78 is 18.7. The lowest BCUT2D eigenvalue weighted by Gasteiger charge is -2.19. The van der Waals surface area contributed by atoms with Crippen LogP contribution in [-0.2, 0) is 18.7 Å². The molecule has 2 aromatic heterocycles. The van der Waals surface area contributed by atoms with Crippen molar-refractivity contribution in [2.45, 2.75) is 37.7 Å². The number of thioether (sulfide) groups is 1. The number of ether oxygens (including phenoxy) is 2. The number of fused-ring (bicyclic) bond motifs is 1. The fourth-order valence-electron chi connectivity index (χ4n) is 2.83. The van der Waals surface area contributed by atoms with Gasteiger partial charge in [0.05, 0.1) is 17.6 Å². The molecule has 26 heavy (non-hydrogen) atoms. The van der Waals surface area contributed by atoms with Gasteiger partial charge in [-0.3, -0.25) is 0 Å². The SMILES string of the molecule is CCc1noc(CSc2ncc(-c3ccc4c(c3)OCCO4)n2CC)n1. The standard InChI is InChI=1S/C18H20N4O3S/c1-3-16-20-17(25-21-16)11-26-18-19-10-13(22(18)4-2)12-5-6-14-15(9-12)24-8-7-23-14/h5-6,9-10H,3-4,7-8,11H2,1-2H3.